The lowest BCUT2D eigenvalue weighted by Gasteiger charge is -1.99. The molecule has 0 spiro atoms. The van der Waals surface area contributed by atoms with Crippen molar-refractivity contribution in [2.24, 2.45) is 0 Å². The van der Waals surface area contributed by atoms with Crippen LogP contribution in [0.1, 0.15) is 10.6 Å². The number of pyridine rings is 1. The Bertz CT molecular complexity index is 835. The summed E-state index contributed by atoms with van der Waals surface area (Å²) in [6.07, 6.45) is 1.35. The predicted octanol–water partition coefficient (Wildman–Crippen LogP) is 2.73. The smallest absolute Gasteiger partial charge is 0.381 e. The molecule has 3 rings (SSSR count). The quantitative estimate of drug-likeness (QED) is 0.342. The Balaban J connectivity index is 2.04. The number of rotatable bonds is 2. The number of benzene rings is 1. The van der Waals surface area contributed by atoms with Crippen LogP contribution in [0.4, 0.5) is 17.6 Å². The maximum absolute atomic E-state index is 13.5. The summed E-state index contributed by atoms with van der Waals surface area (Å²) in [7, 11) is 0. The maximum Gasteiger partial charge on any atom is 0.381 e. The molecule has 0 saturated heterocycles. The van der Waals surface area contributed by atoms with Crippen LogP contribution in [0.5, 0.6) is 5.88 Å². The second kappa shape index (κ2) is 5.10. The number of esters is 1. The molecule has 0 unspecified atom stereocenters. The Morgan fingerprint density at radius 3 is 2.45 bits per heavy atom. The van der Waals surface area contributed by atoms with Crippen molar-refractivity contribution in [3.63, 3.8) is 0 Å². The highest BCUT2D eigenvalue weighted by atomic mass is 19.2. The van der Waals surface area contributed by atoms with Crippen molar-refractivity contribution >= 4 is 17.0 Å². The van der Waals surface area contributed by atoms with Crippen molar-refractivity contribution < 1.29 is 27.1 Å². The van der Waals surface area contributed by atoms with E-state index in [2.05, 4.69) is 15.0 Å². The summed E-state index contributed by atoms with van der Waals surface area (Å²) < 4.78 is 58.1. The molecular formula is C13H5F4N3O2. The first-order valence-electron chi connectivity index (χ1n) is 5.84. The standard InChI is InChI=1S/C13H5F4N3O2/c14-6-7(15)9(17)11-10(8(6)16)19-12(20-11)13(21)22-5-3-1-2-4-18-5/h1-4H,(H,19,20). The van der Waals surface area contributed by atoms with Crippen molar-refractivity contribution in [1.29, 1.82) is 0 Å². The van der Waals surface area contributed by atoms with E-state index in [-0.39, 0.29) is 5.88 Å². The largest absolute Gasteiger partial charge is 0.402 e. The molecule has 0 bridgehead atoms. The lowest BCUT2D eigenvalue weighted by Crippen LogP contribution is -2.11. The summed E-state index contributed by atoms with van der Waals surface area (Å²) in [5.41, 5.74) is -1.62. The number of ether oxygens (including phenoxy) is 1. The van der Waals surface area contributed by atoms with Crippen molar-refractivity contribution in [1.82, 2.24) is 15.0 Å². The summed E-state index contributed by atoms with van der Waals surface area (Å²) in [6.45, 7) is 0. The van der Waals surface area contributed by atoms with Crippen LogP contribution in [0.25, 0.3) is 11.0 Å². The number of hydrogen-bond acceptors (Lipinski definition) is 4. The van der Waals surface area contributed by atoms with Gasteiger partial charge < -0.3 is 9.72 Å². The number of carbonyl (C=O) groups is 1. The number of hydrogen-bond donors (Lipinski definition) is 1. The van der Waals surface area contributed by atoms with Crippen LogP contribution in [0.2, 0.25) is 0 Å². The number of halogens is 4. The lowest BCUT2D eigenvalue weighted by atomic mass is 10.2. The van der Waals surface area contributed by atoms with Gasteiger partial charge in [0.25, 0.3) is 0 Å². The van der Waals surface area contributed by atoms with Gasteiger partial charge in [-0.1, -0.05) is 6.07 Å². The van der Waals surface area contributed by atoms with Crippen molar-refractivity contribution in [3.05, 3.63) is 53.5 Å². The number of imidazole rings is 1. The molecule has 0 fully saturated rings. The van der Waals surface area contributed by atoms with E-state index in [1.54, 1.807) is 12.1 Å². The molecule has 9 heteroatoms. The Labute approximate surface area is 119 Å². The molecule has 2 aromatic heterocycles. The molecule has 22 heavy (non-hydrogen) atoms. The first-order chi connectivity index (χ1) is 10.5. The number of aromatic nitrogens is 3. The summed E-state index contributed by atoms with van der Waals surface area (Å²) >= 11 is 0. The molecule has 1 N–H and O–H groups in total. The van der Waals surface area contributed by atoms with Gasteiger partial charge in [-0.2, -0.15) is 0 Å². The molecule has 1 aromatic carbocycles. The SMILES string of the molecule is O=C(Oc1ccccn1)c1nc2c(F)c(F)c(F)c(F)c2[nH]1. The third-order valence-electron chi connectivity index (χ3n) is 2.74. The average molecular weight is 311 g/mol. The fourth-order valence-corrected chi connectivity index (χ4v) is 1.74. The topological polar surface area (TPSA) is 67.9 Å². The van der Waals surface area contributed by atoms with Gasteiger partial charge in [0.15, 0.2) is 23.3 Å². The Hall–Kier alpha value is -2.97. The monoisotopic (exact) mass is 311 g/mol. The second-order valence-corrected chi connectivity index (χ2v) is 4.12. The van der Waals surface area contributed by atoms with Crippen LogP contribution in [-0.2, 0) is 0 Å². The molecule has 0 atom stereocenters. The van der Waals surface area contributed by atoms with E-state index in [1.807, 2.05) is 0 Å². The number of H-pyrrole nitrogens is 1. The van der Waals surface area contributed by atoms with E-state index in [4.69, 9.17) is 4.74 Å². The van der Waals surface area contributed by atoms with Gasteiger partial charge in [-0.15, -0.1) is 0 Å². The summed E-state index contributed by atoms with van der Waals surface area (Å²) in [6, 6.07) is 4.48. The number of carbonyl (C=O) groups excluding carboxylic acids is 1. The van der Waals surface area contributed by atoms with Crippen LogP contribution in [0.3, 0.4) is 0 Å². The van der Waals surface area contributed by atoms with E-state index >= 15 is 0 Å². The third kappa shape index (κ3) is 2.16. The molecule has 0 saturated carbocycles. The highest BCUT2D eigenvalue weighted by Gasteiger charge is 2.25. The minimum atomic E-state index is -2.01. The molecule has 2 heterocycles. The third-order valence-corrected chi connectivity index (χ3v) is 2.74. The van der Waals surface area contributed by atoms with Crippen LogP contribution in [0, 0.1) is 23.3 Å². The first-order valence-corrected chi connectivity index (χ1v) is 5.84. The zero-order valence-corrected chi connectivity index (χ0v) is 10.5. The number of aromatic amines is 1. The minimum Gasteiger partial charge on any atom is -0.402 e. The second-order valence-electron chi connectivity index (χ2n) is 4.12. The van der Waals surface area contributed by atoms with Gasteiger partial charge in [0, 0.05) is 12.3 Å². The van der Waals surface area contributed by atoms with Gasteiger partial charge >= 0.3 is 5.97 Å². The maximum atomic E-state index is 13.5. The summed E-state index contributed by atoms with van der Waals surface area (Å²) in [4.78, 5) is 20.9. The van der Waals surface area contributed by atoms with E-state index in [0.717, 1.165) is 0 Å². The zero-order chi connectivity index (χ0) is 15.9. The molecule has 0 radical (unpaired) electrons. The lowest BCUT2D eigenvalue weighted by molar-refractivity contribution is 0.0716. The van der Waals surface area contributed by atoms with Gasteiger partial charge in [-0.3, -0.25) is 0 Å². The van der Waals surface area contributed by atoms with Gasteiger partial charge in [0.2, 0.25) is 11.7 Å². The molecule has 5 nitrogen and oxygen atoms in total. The number of nitrogens with one attached hydrogen (secondary N) is 1. The van der Waals surface area contributed by atoms with E-state index in [0.29, 0.717) is 0 Å². The Morgan fingerprint density at radius 2 is 1.77 bits per heavy atom. The van der Waals surface area contributed by atoms with Gasteiger partial charge in [0.05, 0.1) is 0 Å². The van der Waals surface area contributed by atoms with E-state index < -0.39 is 46.1 Å². The van der Waals surface area contributed by atoms with Gasteiger partial charge in [-0.05, 0) is 6.07 Å². The fourth-order valence-electron chi connectivity index (χ4n) is 1.74. The van der Waals surface area contributed by atoms with E-state index in [9.17, 15) is 22.4 Å². The molecule has 112 valence electrons. The molecular weight excluding hydrogens is 306 g/mol. The highest BCUT2D eigenvalue weighted by Crippen LogP contribution is 2.25. The Kier molecular flexibility index (Phi) is 3.24. The molecule has 0 aliphatic heterocycles. The van der Waals surface area contributed by atoms with Crippen molar-refractivity contribution in [2.45, 2.75) is 0 Å². The molecule has 0 amide bonds. The van der Waals surface area contributed by atoms with Crippen LogP contribution in [-0.4, -0.2) is 20.9 Å². The highest BCUT2D eigenvalue weighted by molar-refractivity contribution is 5.91. The van der Waals surface area contributed by atoms with Gasteiger partial charge in [-0.25, -0.2) is 32.3 Å². The van der Waals surface area contributed by atoms with E-state index in [1.165, 1.54) is 12.3 Å². The summed E-state index contributed by atoms with van der Waals surface area (Å²) in [5.74, 6) is -9.22. The van der Waals surface area contributed by atoms with Gasteiger partial charge in [0.1, 0.15) is 11.0 Å². The fraction of sp³-hybridized carbons (Fsp3) is 0. The normalized spacial score (nSPS) is 10.9. The van der Waals surface area contributed by atoms with Crippen LogP contribution >= 0.6 is 0 Å². The molecule has 0 aliphatic rings. The molecule has 3 aromatic rings. The number of fused-ring (bicyclic) bond motifs is 1. The summed E-state index contributed by atoms with van der Waals surface area (Å²) in [5, 5.41) is 0. The Morgan fingerprint density at radius 1 is 1.05 bits per heavy atom. The van der Waals surface area contributed by atoms with Crippen LogP contribution < -0.4 is 4.74 Å². The average Bonchev–Trinajstić information content (AvgIpc) is 2.97. The first kappa shape index (κ1) is 14.0. The van der Waals surface area contributed by atoms with Crippen LogP contribution in [0.15, 0.2) is 24.4 Å². The zero-order valence-electron chi connectivity index (χ0n) is 10.5. The molecule has 0 aliphatic carbocycles. The minimum absolute atomic E-state index is 0.0775. The van der Waals surface area contributed by atoms with Crippen molar-refractivity contribution in [2.75, 3.05) is 0 Å². The number of nitrogens with zero attached hydrogens (tertiary/aromatic N) is 2. The van der Waals surface area contributed by atoms with Crippen molar-refractivity contribution in [3.8, 4) is 5.88 Å². The predicted molar refractivity (Wildman–Crippen MR) is 65.1 cm³/mol.